The first-order valence-corrected chi connectivity index (χ1v) is 6.57. The molecular weight excluding hydrogens is 244 g/mol. The van der Waals surface area contributed by atoms with Crippen LogP contribution < -0.4 is 19.7 Å². The molecule has 1 N–H and O–H groups in total. The van der Waals surface area contributed by atoms with E-state index in [2.05, 4.69) is 12.2 Å². The first kappa shape index (κ1) is 12.3. The second-order valence-electron chi connectivity index (χ2n) is 5.06. The number of ether oxygens (including phenoxy) is 2. The van der Waals surface area contributed by atoms with E-state index in [0.29, 0.717) is 12.3 Å². The van der Waals surface area contributed by atoms with Gasteiger partial charge in [0.05, 0.1) is 0 Å². The zero-order valence-electron chi connectivity index (χ0n) is 11.2. The number of carbonyl (C=O) groups is 1. The van der Waals surface area contributed by atoms with Gasteiger partial charge in [-0.3, -0.25) is 4.79 Å². The Hall–Kier alpha value is -1.75. The fraction of sp³-hybridized carbons (Fsp3) is 0.500. The van der Waals surface area contributed by atoms with Crippen molar-refractivity contribution < 1.29 is 14.3 Å². The molecule has 1 saturated heterocycles. The summed E-state index contributed by atoms with van der Waals surface area (Å²) in [5, 5.41) is 3.15. The summed E-state index contributed by atoms with van der Waals surface area (Å²) in [6, 6.07) is 5.87. The predicted octanol–water partition coefficient (Wildman–Crippen LogP) is 1.38. The summed E-state index contributed by atoms with van der Waals surface area (Å²) < 4.78 is 10.7. The minimum atomic E-state index is 0.173. The average molecular weight is 262 g/mol. The normalized spacial score (nSPS) is 25.2. The molecule has 1 aromatic carbocycles. The number of fused-ring (bicyclic) bond motifs is 1. The molecule has 2 aliphatic rings. The van der Waals surface area contributed by atoms with Crippen molar-refractivity contribution in [2.24, 2.45) is 5.92 Å². The zero-order chi connectivity index (χ0) is 13.4. The van der Waals surface area contributed by atoms with E-state index in [9.17, 15) is 4.79 Å². The molecule has 0 aliphatic carbocycles. The van der Waals surface area contributed by atoms with E-state index < -0.39 is 0 Å². The Morgan fingerprint density at radius 3 is 2.95 bits per heavy atom. The lowest BCUT2D eigenvalue weighted by atomic mass is 10.0. The molecule has 5 nitrogen and oxygen atoms in total. The van der Waals surface area contributed by atoms with Gasteiger partial charge in [0.2, 0.25) is 12.7 Å². The summed E-state index contributed by atoms with van der Waals surface area (Å²) in [4.78, 5) is 14.1. The highest BCUT2D eigenvalue weighted by atomic mass is 16.7. The highest BCUT2D eigenvalue weighted by Gasteiger charge is 2.37. The van der Waals surface area contributed by atoms with Crippen LogP contribution in [0.2, 0.25) is 0 Å². The molecule has 0 spiro atoms. The Bertz CT molecular complexity index is 503. The number of nitrogens with zero attached hydrogens (tertiary/aromatic N) is 1. The van der Waals surface area contributed by atoms with Gasteiger partial charge in [0, 0.05) is 36.7 Å². The van der Waals surface area contributed by atoms with E-state index in [1.807, 2.05) is 30.1 Å². The van der Waals surface area contributed by atoms with Gasteiger partial charge in [-0.15, -0.1) is 0 Å². The molecule has 2 aliphatic heterocycles. The monoisotopic (exact) mass is 262 g/mol. The van der Waals surface area contributed by atoms with Crippen LogP contribution in [0.15, 0.2) is 18.2 Å². The van der Waals surface area contributed by atoms with Gasteiger partial charge >= 0.3 is 0 Å². The molecule has 0 radical (unpaired) electrons. The lowest BCUT2D eigenvalue weighted by Gasteiger charge is -2.25. The third-order valence-electron chi connectivity index (χ3n) is 3.90. The minimum Gasteiger partial charge on any atom is -0.454 e. The topological polar surface area (TPSA) is 50.8 Å². The maximum Gasteiger partial charge on any atom is 0.231 e. The number of anilines is 1. The minimum absolute atomic E-state index is 0.173. The van der Waals surface area contributed by atoms with Crippen molar-refractivity contribution in [3.63, 3.8) is 0 Å². The van der Waals surface area contributed by atoms with Gasteiger partial charge in [0.15, 0.2) is 11.5 Å². The van der Waals surface area contributed by atoms with Crippen LogP contribution in [0, 0.1) is 5.92 Å². The molecule has 0 bridgehead atoms. The lowest BCUT2D eigenvalue weighted by Crippen LogP contribution is -2.35. The summed E-state index contributed by atoms with van der Waals surface area (Å²) in [6.45, 7) is 3.20. The molecule has 19 heavy (non-hydrogen) atoms. The number of hydrogen-bond acceptors (Lipinski definition) is 4. The van der Waals surface area contributed by atoms with Crippen LogP contribution in [0.25, 0.3) is 0 Å². The molecule has 1 aromatic rings. The van der Waals surface area contributed by atoms with Crippen LogP contribution in [0.1, 0.15) is 13.3 Å². The van der Waals surface area contributed by atoms with Crippen LogP contribution >= 0.6 is 0 Å². The van der Waals surface area contributed by atoms with Crippen molar-refractivity contribution in [1.29, 1.82) is 0 Å². The second-order valence-corrected chi connectivity index (χ2v) is 5.06. The predicted molar refractivity (Wildman–Crippen MR) is 71.5 cm³/mol. The van der Waals surface area contributed by atoms with Crippen LogP contribution in [0.4, 0.5) is 5.69 Å². The Morgan fingerprint density at radius 1 is 1.37 bits per heavy atom. The standard InChI is InChI=1S/C14H18N2O3/c1-9-10(7-15-2)5-14(17)16(9)11-3-4-12-13(6-11)19-8-18-12/h3-4,6,9-10,15H,5,7-8H2,1-2H3. The van der Waals surface area contributed by atoms with Crippen LogP contribution in [0.5, 0.6) is 11.5 Å². The van der Waals surface area contributed by atoms with E-state index >= 15 is 0 Å². The lowest BCUT2D eigenvalue weighted by molar-refractivity contribution is -0.117. The fourth-order valence-corrected chi connectivity index (χ4v) is 2.85. The van der Waals surface area contributed by atoms with Gasteiger partial charge in [0.25, 0.3) is 0 Å². The number of nitrogens with one attached hydrogen (secondary N) is 1. The summed E-state index contributed by atoms with van der Waals surface area (Å²) in [5.74, 6) is 1.99. The van der Waals surface area contributed by atoms with Crippen molar-refractivity contribution in [3.05, 3.63) is 18.2 Å². The van der Waals surface area contributed by atoms with Gasteiger partial charge in [-0.05, 0) is 26.1 Å². The SMILES string of the molecule is CNCC1CC(=O)N(c2ccc3c(c2)OCO3)C1C. The first-order chi connectivity index (χ1) is 9.20. The van der Waals surface area contributed by atoms with Gasteiger partial charge in [-0.1, -0.05) is 0 Å². The van der Waals surface area contributed by atoms with Crippen LogP contribution in [-0.2, 0) is 4.79 Å². The van der Waals surface area contributed by atoms with Crippen molar-refractivity contribution in [2.45, 2.75) is 19.4 Å². The van der Waals surface area contributed by atoms with E-state index in [1.165, 1.54) is 0 Å². The van der Waals surface area contributed by atoms with E-state index in [4.69, 9.17) is 9.47 Å². The highest BCUT2D eigenvalue weighted by molar-refractivity contribution is 5.96. The van der Waals surface area contributed by atoms with Gasteiger partial charge < -0.3 is 19.7 Å². The van der Waals surface area contributed by atoms with Gasteiger partial charge in [0.1, 0.15) is 0 Å². The molecule has 2 unspecified atom stereocenters. The Morgan fingerprint density at radius 2 is 2.16 bits per heavy atom. The number of hydrogen-bond donors (Lipinski definition) is 1. The Kier molecular flexibility index (Phi) is 3.06. The number of amides is 1. The first-order valence-electron chi connectivity index (χ1n) is 6.57. The quantitative estimate of drug-likeness (QED) is 0.894. The summed E-state index contributed by atoms with van der Waals surface area (Å²) in [7, 11) is 1.92. The smallest absolute Gasteiger partial charge is 0.231 e. The molecule has 0 saturated carbocycles. The Balaban J connectivity index is 1.87. The molecule has 5 heteroatoms. The molecule has 1 fully saturated rings. The Labute approximate surface area is 112 Å². The van der Waals surface area contributed by atoms with Gasteiger partial charge in [-0.25, -0.2) is 0 Å². The van der Waals surface area contributed by atoms with Crippen molar-refractivity contribution in [2.75, 3.05) is 25.3 Å². The molecule has 0 aromatic heterocycles. The molecule has 2 atom stereocenters. The van der Waals surface area contributed by atoms with Crippen LogP contribution in [0.3, 0.4) is 0 Å². The number of carbonyl (C=O) groups excluding carboxylic acids is 1. The van der Waals surface area contributed by atoms with Crippen LogP contribution in [-0.4, -0.2) is 32.3 Å². The summed E-state index contributed by atoms with van der Waals surface area (Å²) in [6.07, 6.45) is 0.594. The molecule has 1 amide bonds. The third kappa shape index (κ3) is 2.04. The number of rotatable bonds is 3. The largest absolute Gasteiger partial charge is 0.454 e. The van der Waals surface area contributed by atoms with E-state index in [0.717, 1.165) is 23.7 Å². The third-order valence-corrected chi connectivity index (χ3v) is 3.90. The van der Waals surface area contributed by atoms with Crippen molar-refractivity contribution in [3.8, 4) is 11.5 Å². The maximum absolute atomic E-state index is 12.2. The van der Waals surface area contributed by atoms with Crippen molar-refractivity contribution >= 4 is 11.6 Å². The van der Waals surface area contributed by atoms with Crippen molar-refractivity contribution in [1.82, 2.24) is 5.32 Å². The zero-order valence-corrected chi connectivity index (χ0v) is 11.2. The van der Waals surface area contributed by atoms with Gasteiger partial charge in [-0.2, -0.15) is 0 Å². The molecule has 3 rings (SSSR count). The highest BCUT2D eigenvalue weighted by Crippen LogP contribution is 2.38. The van der Waals surface area contributed by atoms with E-state index in [-0.39, 0.29) is 18.7 Å². The number of benzene rings is 1. The molecular formula is C14H18N2O3. The fourth-order valence-electron chi connectivity index (χ4n) is 2.85. The average Bonchev–Trinajstić information content (AvgIpc) is 2.95. The summed E-state index contributed by atoms with van der Waals surface area (Å²) >= 11 is 0. The molecule has 102 valence electrons. The second kappa shape index (κ2) is 4.74. The maximum atomic E-state index is 12.2. The molecule has 2 heterocycles. The van der Waals surface area contributed by atoms with E-state index in [1.54, 1.807) is 0 Å². The summed E-state index contributed by atoms with van der Waals surface area (Å²) in [5.41, 5.74) is 0.889.